The van der Waals surface area contributed by atoms with Crippen molar-refractivity contribution in [2.24, 2.45) is 0 Å². The highest BCUT2D eigenvalue weighted by molar-refractivity contribution is 7.23. The van der Waals surface area contributed by atoms with Crippen LogP contribution in [0.4, 0.5) is 0 Å². The number of aromatic nitrogens is 2. The lowest BCUT2D eigenvalue weighted by molar-refractivity contribution is 0.434. The summed E-state index contributed by atoms with van der Waals surface area (Å²) in [5, 5.41) is 0. The fourth-order valence-corrected chi connectivity index (χ4v) is 4.35. The molecule has 0 radical (unpaired) electrons. The standard InChI is InChI=1S/C16H16N2OS/c19-15-10-13(11-6-2-1-3-7-11)18-12-8-4-5-9-14(12)20-16(18)17-15/h4-5,8-11H,1-3,6-7H2. The molecule has 0 spiro atoms. The highest BCUT2D eigenvalue weighted by Crippen LogP contribution is 2.35. The summed E-state index contributed by atoms with van der Waals surface area (Å²) in [6.07, 6.45) is 6.24. The number of thiazole rings is 1. The Labute approximate surface area is 120 Å². The topological polar surface area (TPSA) is 34.4 Å². The van der Waals surface area contributed by atoms with Crippen LogP contribution < -0.4 is 5.56 Å². The smallest absolute Gasteiger partial charge is 0.274 e. The molecule has 0 unspecified atom stereocenters. The van der Waals surface area contributed by atoms with Crippen molar-refractivity contribution in [1.29, 1.82) is 0 Å². The Morgan fingerprint density at radius 2 is 1.95 bits per heavy atom. The lowest BCUT2D eigenvalue weighted by Gasteiger charge is -2.22. The van der Waals surface area contributed by atoms with Gasteiger partial charge in [-0.25, -0.2) is 0 Å². The van der Waals surface area contributed by atoms with E-state index in [1.165, 1.54) is 42.3 Å². The fourth-order valence-electron chi connectivity index (χ4n) is 3.31. The average molecular weight is 284 g/mol. The molecule has 4 heteroatoms. The summed E-state index contributed by atoms with van der Waals surface area (Å²) in [5.74, 6) is 0.505. The van der Waals surface area contributed by atoms with Crippen LogP contribution >= 0.6 is 11.3 Å². The number of benzene rings is 1. The van der Waals surface area contributed by atoms with Crippen LogP contribution in [-0.4, -0.2) is 9.38 Å². The van der Waals surface area contributed by atoms with Crippen LogP contribution in [-0.2, 0) is 0 Å². The molecule has 0 saturated heterocycles. The molecule has 1 aliphatic rings. The van der Waals surface area contributed by atoms with Gasteiger partial charge >= 0.3 is 0 Å². The molecule has 2 aromatic heterocycles. The molecule has 0 atom stereocenters. The maximum atomic E-state index is 11.9. The second-order valence-corrected chi connectivity index (χ2v) is 6.55. The molecule has 3 aromatic rings. The van der Waals surface area contributed by atoms with E-state index in [1.54, 1.807) is 17.4 Å². The van der Waals surface area contributed by atoms with Gasteiger partial charge < -0.3 is 0 Å². The zero-order chi connectivity index (χ0) is 13.5. The third-order valence-electron chi connectivity index (χ3n) is 4.26. The SMILES string of the molecule is O=c1cc(C2CCCCC2)n2c(n1)sc1ccccc12. The van der Waals surface area contributed by atoms with Gasteiger partial charge in [-0.1, -0.05) is 42.7 Å². The van der Waals surface area contributed by atoms with Crippen molar-refractivity contribution in [3.05, 3.63) is 46.4 Å². The van der Waals surface area contributed by atoms with E-state index in [0.29, 0.717) is 5.92 Å². The molecule has 0 amide bonds. The minimum Gasteiger partial charge on any atom is -0.288 e. The maximum Gasteiger partial charge on any atom is 0.274 e. The summed E-state index contributed by atoms with van der Waals surface area (Å²) < 4.78 is 3.40. The molecule has 1 saturated carbocycles. The normalized spacial score (nSPS) is 17.0. The quantitative estimate of drug-likeness (QED) is 0.678. The van der Waals surface area contributed by atoms with E-state index in [1.807, 2.05) is 6.07 Å². The molecule has 4 rings (SSSR count). The van der Waals surface area contributed by atoms with E-state index in [4.69, 9.17) is 0 Å². The Balaban J connectivity index is 2.04. The van der Waals surface area contributed by atoms with Gasteiger partial charge in [-0.3, -0.25) is 9.20 Å². The van der Waals surface area contributed by atoms with Gasteiger partial charge in [0.25, 0.3) is 5.56 Å². The highest BCUT2D eigenvalue weighted by Gasteiger charge is 2.20. The first kappa shape index (κ1) is 12.1. The molecule has 1 aromatic carbocycles. The van der Waals surface area contributed by atoms with Crippen LogP contribution in [0.15, 0.2) is 35.1 Å². The molecule has 1 fully saturated rings. The molecule has 1 aliphatic carbocycles. The van der Waals surface area contributed by atoms with Crippen LogP contribution in [0, 0.1) is 0 Å². The number of fused-ring (bicyclic) bond motifs is 3. The largest absolute Gasteiger partial charge is 0.288 e. The van der Waals surface area contributed by atoms with Crippen molar-refractivity contribution in [1.82, 2.24) is 9.38 Å². The van der Waals surface area contributed by atoms with Gasteiger partial charge in [0.05, 0.1) is 10.2 Å². The molecule has 0 bridgehead atoms. The summed E-state index contributed by atoms with van der Waals surface area (Å²) in [5.41, 5.74) is 2.25. The van der Waals surface area contributed by atoms with E-state index in [-0.39, 0.29) is 5.56 Å². The van der Waals surface area contributed by atoms with Crippen molar-refractivity contribution in [2.45, 2.75) is 38.0 Å². The average Bonchev–Trinajstić information content (AvgIpc) is 2.85. The third kappa shape index (κ3) is 1.86. The van der Waals surface area contributed by atoms with Gasteiger partial charge in [-0.05, 0) is 30.9 Å². The van der Waals surface area contributed by atoms with Crippen LogP contribution in [0.25, 0.3) is 15.2 Å². The first-order valence-corrected chi connectivity index (χ1v) is 8.06. The van der Waals surface area contributed by atoms with Crippen molar-refractivity contribution in [2.75, 3.05) is 0 Å². The van der Waals surface area contributed by atoms with E-state index in [9.17, 15) is 4.79 Å². The fraction of sp³-hybridized carbons (Fsp3) is 0.375. The van der Waals surface area contributed by atoms with Crippen molar-refractivity contribution in [3.63, 3.8) is 0 Å². The Bertz CT molecular complexity index is 827. The van der Waals surface area contributed by atoms with Gasteiger partial charge in [0.1, 0.15) is 0 Å². The predicted molar refractivity (Wildman–Crippen MR) is 82.7 cm³/mol. The zero-order valence-electron chi connectivity index (χ0n) is 11.2. The van der Waals surface area contributed by atoms with E-state index in [2.05, 4.69) is 27.6 Å². The third-order valence-corrected chi connectivity index (χ3v) is 5.28. The molecule has 20 heavy (non-hydrogen) atoms. The van der Waals surface area contributed by atoms with Crippen molar-refractivity contribution >= 4 is 26.5 Å². The summed E-state index contributed by atoms with van der Waals surface area (Å²) in [6.45, 7) is 0. The van der Waals surface area contributed by atoms with Crippen LogP contribution in [0.1, 0.15) is 43.7 Å². The summed E-state index contributed by atoms with van der Waals surface area (Å²) in [6, 6.07) is 10.1. The lowest BCUT2D eigenvalue weighted by atomic mass is 9.86. The van der Waals surface area contributed by atoms with Gasteiger partial charge in [0.2, 0.25) is 0 Å². The van der Waals surface area contributed by atoms with Crippen molar-refractivity contribution in [3.8, 4) is 0 Å². The number of rotatable bonds is 1. The van der Waals surface area contributed by atoms with Crippen LogP contribution in [0.2, 0.25) is 0 Å². The van der Waals surface area contributed by atoms with Gasteiger partial charge in [-0.2, -0.15) is 4.98 Å². The molecule has 2 heterocycles. The minimum atomic E-state index is -0.0999. The van der Waals surface area contributed by atoms with Gasteiger partial charge in [-0.15, -0.1) is 0 Å². The number of para-hydroxylation sites is 1. The Hall–Kier alpha value is -1.68. The summed E-state index contributed by atoms with van der Waals surface area (Å²) in [4.78, 5) is 16.9. The Morgan fingerprint density at radius 1 is 1.15 bits per heavy atom. The number of hydrogen-bond donors (Lipinski definition) is 0. The van der Waals surface area contributed by atoms with Crippen molar-refractivity contribution < 1.29 is 0 Å². The van der Waals surface area contributed by atoms with Crippen LogP contribution in [0.3, 0.4) is 0 Å². The van der Waals surface area contributed by atoms with E-state index in [0.717, 1.165) is 10.7 Å². The summed E-state index contributed by atoms with van der Waals surface area (Å²) in [7, 11) is 0. The Kier molecular flexibility index (Phi) is 2.84. The molecular formula is C16H16N2OS. The maximum absolute atomic E-state index is 11.9. The van der Waals surface area contributed by atoms with E-state index >= 15 is 0 Å². The first-order chi connectivity index (χ1) is 9.83. The molecular weight excluding hydrogens is 268 g/mol. The lowest BCUT2D eigenvalue weighted by Crippen LogP contribution is -2.15. The molecule has 102 valence electrons. The second-order valence-electron chi connectivity index (χ2n) is 5.54. The predicted octanol–water partition coefficient (Wildman–Crippen LogP) is 3.96. The Morgan fingerprint density at radius 3 is 2.80 bits per heavy atom. The second kappa shape index (κ2) is 4.70. The number of nitrogens with zero attached hydrogens (tertiary/aromatic N) is 2. The van der Waals surface area contributed by atoms with Crippen LogP contribution in [0.5, 0.6) is 0 Å². The van der Waals surface area contributed by atoms with Gasteiger partial charge in [0.15, 0.2) is 4.96 Å². The zero-order valence-corrected chi connectivity index (χ0v) is 12.0. The minimum absolute atomic E-state index is 0.0999. The molecule has 0 N–H and O–H groups in total. The monoisotopic (exact) mass is 284 g/mol. The molecule has 3 nitrogen and oxygen atoms in total. The van der Waals surface area contributed by atoms with Gasteiger partial charge in [0, 0.05) is 11.8 Å². The first-order valence-electron chi connectivity index (χ1n) is 7.24. The van der Waals surface area contributed by atoms with E-state index < -0.39 is 0 Å². The summed E-state index contributed by atoms with van der Waals surface area (Å²) >= 11 is 1.61. The molecule has 0 aliphatic heterocycles. The highest BCUT2D eigenvalue weighted by atomic mass is 32.1. The number of hydrogen-bond acceptors (Lipinski definition) is 3.